The van der Waals surface area contributed by atoms with Gasteiger partial charge in [-0.25, -0.2) is 0 Å². The van der Waals surface area contributed by atoms with E-state index in [4.69, 9.17) is 4.74 Å². The largest absolute Gasteiger partial charge is 0.461 e. The second-order valence-corrected chi connectivity index (χ2v) is 7.38. The lowest BCUT2D eigenvalue weighted by atomic mass is 9.87. The molecule has 2 N–H and O–H groups in total. The molecule has 0 saturated heterocycles. The van der Waals surface area contributed by atoms with Crippen molar-refractivity contribution in [1.82, 2.24) is 0 Å². The number of esters is 1. The van der Waals surface area contributed by atoms with Crippen LogP contribution in [0.4, 0.5) is 0 Å². The van der Waals surface area contributed by atoms with Crippen LogP contribution in [0.1, 0.15) is 59.8 Å². The van der Waals surface area contributed by atoms with Gasteiger partial charge in [0.1, 0.15) is 6.61 Å². The first kappa shape index (κ1) is 22.4. The summed E-state index contributed by atoms with van der Waals surface area (Å²) < 4.78 is 5.13. The third kappa shape index (κ3) is 8.15. The van der Waals surface area contributed by atoms with Crippen LogP contribution in [0.15, 0.2) is 47.1 Å². The highest BCUT2D eigenvalue weighted by Gasteiger charge is 2.20. The molecule has 0 bridgehead atoms. The molecule has 0 heterocycles. The normalized spacial score (nSPS) is 32.1. The van der Waals surface area contributed by atoms with Crippen LogP contribution < -0.4 is 0 Å². The highest BCUT2D eigenvalue weighted by Crippen LogP contribution is 2.25. The summed E-state index contributed by atoms with van der Waals surface area (Å²) in [5.41, 5.74) is 3.98. The number of aliphatic hydroxyl groups is 2. The van der Waals surface area contributed by atoms with E-state index in [1.807, 2.05) is 13.8 Å². The number of ether oxygens (including phenoxy) is 1. The molecule has 0 spiro atoms. The van der Waals surface area contributed by atoms with Gasteiger partial charge in [0.2, 0.25) is 0 Å². The maximum atomic E-state index is 11.2. The van der Waals surface area contributed by atoms with Crippen LogP contribution in [-0.4, -0.2) is 35.0 Å². The van der Waals surface area contributed by atoms with E-state index in [1.165, 1.54) is 12.5 Å². The first-order chi connectivity index (χ1) is 12.2. The SMILES string of the molecule is C=C(C)[C@H]1CC/C(C)=C/C/C=C(\C)[C@H](O)CC/C(COC(C)=O)=C\[C@@H]1O. The molecule has 0 saturated carbocycles. The molecule has 3 atom stereocenters. The second-order valence-electron chi connectivity index (χ2n) is 7.38. The van der Waals surface area contributed by atoms with Gasteiger partial charge < -0.3 is 14.9 Å². The zero-order valence-corrected chi connectivity index (χ0v) is 16.6. The molecule has 146 valence electrons. The fourth-order valence-electron chi connectivity index (χ4n) is 3.08. The highest BCUT2D eigenvalue weighted by molar-refractivity contribution is 5.66. The third-order valence-corrected chi connectivity index (χ3v) is 4.93. The molecule has 26 heavy (non-hydrogen) atoms. The average Bonchev–Trinajstić information content (AvgIpc) is 2.55. The predicted molar refractivity (Wildman–Crippen MR) is 106 cm³/mol. The molecule has 4 nitrogen and oxygen atoms in total. The van der Waals surface area contributed by atoms with Gasteiger partial charge in [0.25, 0.3) is 0 Å². The third-order valence-electron chi connectivity index (χ3n) is 4.93. The minimum atomic E-state index is -0.678. The van der Waals surface area contributed by atoms with Crippen molar-refractivity contribution in [2.75, 3.05) is 6.61 Å². The Bertz CT molecular complexity index is 583. The van der Waals surface area contributed by atoms with E-state index in [9.17, 15) is 15.0 Å². The Kier molecular flexibility index (Phi) is 9.60. The summed E-state index contributed by atoms with van der Waals surface area (Å²) in [5, 5.41) is 21.1. The van der Waals surface area contributed by atoms with Crippen LogP contribution in [0.5, 0.6) is 0 Å². The molecular formula is C22H34O4. The molecule has 1 aliphatic rings. The molecule has 0 aromatic carbocycles. The number of carbonyl (C=O) groups is 1. The molecule has 0 fully saturated rings. The summed E-state index contributed by atoms with van der Waals surface area (Å²) in [4.78, 5) is 11.2. The van der Waals surface area contributed by atoms with Crippen LogP contribution in [0.2, 0.25) is 0 Å². The van der Waals surface area contributed by atoms with Crippen molar-refractivity contribution in [2.24, 2.45) is 5.92 Å². The van der Waals surface area contributed by atoms with E-state index >= 15 is 0 Å². The van der Waals surface area contributed by atoms with Gasteiger partial charge in [-0.1, -0.05) is 36.0 Å². The summed E-state index contributed by atoms with van der Waals surface area (Å²) in [6.07, 6.45) is 8.38. The van der Waals surface area contributed by atoms with E-state index in [1.54, 1.807) is 6.08 Å². The van der Waals surface area contributed by atoms with Crippen LogP contribution >= 0.6 is 0 Å². The smallest absolute Gasteiger partial charge is 0.302 e. The number of allylic oxidation sites excluding steroid dienone is 3. The summed E-state index contributed by atoms with van der Waals surface area (Å²) in [5.74, 6) is -0.399. The van der Waals surface area contributed by atoms with Gasteiger partial charge in [-0.15, -0.1) is 0 Å². The summed E-state index contributed by atoms with van der Waals surface area (Å²) in [6.45, 7) is 11.5. The highest BCUT2D eigenvalue weighted by atomic mass is 16.5. The Hall–Kier alpha value is -1.65. The molecule has 0 aromatic heterocycles. The zero-order valence-electron chi connectivity index (χ0n) is 16.6. The van der Waals surface area contributed by atoms with E-state index in [2.05, 4.69) is 25.7 Å². The Labute approximate surface area is 158 Å². The van der Waals surface area contributed by atoms with Crippen molar-refractivity contribution < 1.29 is 19.7 Å². The van der Waals surface area contributed by atoms with Gasteiger partial charge >= 0.3 is 5.97 Å². The van der Waals surface area contributed by atoms with Crippen molar-refractivity contribution in [2.45, 2.75) is 72.0 Å². The van der Waals surface area contributed by atoms with Gasteiger partial charge in [-0.2, -0.15) is 0 Å². The first-order valence-electron chi connectivity index (χ1n) is 9.37. The van der Waals surface area contributed by atoms with E-state index in [0.717, 1.165) is 36.0 Å². The Morgan fingerprint density at radius 3 is 2.50 bits per heavy atom. The van der Waals surface area contributed by atoms with Crippen molar-refractivity contribution in [1.29, 1.82) is 0 Å². The van der Waals surface area contributed by atoms with Crippen LogP contribution in [0.3, 0.4) is 0 Å². The summed E-state index contributed by atoms with van der Waals surface area (Å²) in [6, 6.07) is 0. The standard InChI is InChI=1S/C22H34O4/c1-15(2)20-11-9-16(3)7-6-8-17(4)21(24)12-10-19(13-22(20)25)14-26-18(5)23/h7-8,13,20-22,24-25H,1,6,9-12,14H2,2-5H3/b16-7+,17-8+,19-13+/t20-,21-,22+/m1/s1. The van der Waals surface area contributed by atoms with Crippen LogP contribution in [0.25, 0.3) is 0 Å². The number of aliphatic hydroxyl groups excluding tert-OH is 2. The van der Waals surface area contributed by atoms with Crippen molar-refractivity contribution in [3.05, 3.63) is 47.1 Å². The van der Waals surface area contributed by atoms with Gasteiger partial charge in [-0.05, 0) is 64.0 Å². The zero-order chi connectivity index (χ0) is 19.7. The van der Waals surface area contributed by atoms with Gasteiger partial charge in [0.15, 0.2) is 0 Å². The fourth-order valence-corrected chi connectivity index (χ4v) is 3.08. The van der Waals surface area contributed by atoms with Crippen molar-refractivity contribution in [3.8, 4) is 0 Å². The molecule has 0 aromatic rings. The monoisotopic (exact) mass is 362 g/mol. The summed E-state index contributed by atoms with van der Waals surface area (Å²) >= 11 is 0. The number of hydrogen-bond acceptors (Lipinski definition) is 4. The molecule has 0 aliphatic heterocycles. The maximum absolute atomic E-state index is 11.2. The van der Waals surface area contributed by atoms with Gasteiger partial charge in [0.05, 0.1) is 12.2 Å². The molecule has 1 aliphatic carbocycles. The average molecular weight is 363 g/mol. The quantitative estimate of drug-likeness (QED) is 0.582. The molecular weight excluding hydrogens is 328 g/mol. The van der Waals surface area contributed by atoms with E-state index in [-0.39, 0.29) is 18.5 Å². The number of hydrogen-bond donors (Lipinski definition) is 2. The van der Waals surface area contributed by atoms with Crippen molar-refractivity contribution in [3.63, 3.8) is 0 Å². The van der Waals surface area contributed by atoms with Gasteiger partial charge in [-0.3, -0.25) is 4.79 Å². The number of rotatable bonds is 3. The molecule has 4 heteroatoms. The second kappa shape index (κ2) is 11.1. The number of carbonyl (C=O) groups excluding carboxylic acids is 1. The lowest BCUT2D eigenvalue weighted by Crippen LogP contribution is -2.21. The maximum Gasteiger partial charge on any atom is 0.302 e. The van der Waals surface area contributed by atoms with E-state index in [0.29, 0.717) is 12.8 Å². The van der Waals surface area contributed by atoms with E-state index < -0.39 is 12.2 Å². The minimum absolute atomic E-state index is 0.0455. The van der Waals surface area contributed by atoms with Crippen molar-refractivity contribution >= 4 is 5.97 Å². The molecule has 0 radical (unpaired) electrons. The van der Waals surface area contributed by atoms with Crippen LogP contribution in [-0.2, 0) is 9.53 Å². The fraction of sp³-hybridized carbons (Fsp3) is 0.591. The predicted octanol–water partition coefficient (Wildman–Crippen LogP) is 4.25. The molecule has 0 amide bonds. The lowest BCUT2D eigenvalue weighted by molar-refractivity contribution is -0.140. The lowest BCUT2D eigenvalue weighted by Gasteiger charge is -2.23. The summed E-state index contributed by atoms with van der Waals surface area (Å²) in [7, 11) is 0. The first-order valence-corrected chi connectivity index (χ1v) is 9.37. The Balaban J connectivity index is 3.09. The molecule has 1 rings (SSSR count). The Morgan fingerprint density at radius 1 is 1.19 bits per heavy atom. The van der Waals surface area contributed by atoms with Crippen LogP contribution in [0, 0.1) is 5.92 Å². The Morgan fingerprint density at radius 2 is 1.88 bits per heavy atom. The minimum Gasteiger partial charge on any atom is -0.461 e. The van der Waals surface area contributed by atoms with Gasteiger partial charge in [0, 0.05) is 12.8 Å². The molecule has 0 unspecified atom stereocenters. The topological polar surface area (TPSA) is 66.8 Å².